The van der Waals surface area contributed by atoms with Gasteiger partial charge in [0.25, 0.3) is 0 Å². The third-order valence-corrected chi connectivity index (χ3v) is 2.00. The Labute approximate surface area is 67.9 Å². The van der Waals surface area contributed by atoms with Gasteiger partial charge in [-0.2, -0.15) is 0 Å². The van der Waals surface area contributed by atoms with Gasteiger partial charge in [-0.3, -0.25) is 4.79 Å². The Bertz CT molecular complexity index is 136. The fraction of sp³-hybridized carbons (Fsp3) is 0.875. The Hall–Kier alpha value is -0.570. The first-order valence-electron chi connectivity index (χ1n) is 3.94. The summed E-state index contributed by atoms with van der Waals surface area (Å²) in [6.45, 7) is 6.71. The van der Waals surface area contributed by atoms with Gasteiger partial charge in [-0.25, -0.2) is 0 Å². The van der Waals surface area contributed by atoms with Crippen LogP contribution in [0.5, 0.6) is 0 Å². The molecule has 11 heavy (non-hydrogen) atoms. The predicted octanol–water partition coefficient (Wildman–Crippen LogP) is 0.924. The molecular weight excluding hydrogens is 142 g/mol. The maximum Gasteiger partial charge on any atom is 0.225 e. The normalized spacial score (nSPS) is 15.9. The first-order chi connectivity index (χ1) is 5.06. The lowest BCUT2D eigenvalue weighted by Gasteiger charge is -2.23. The number of amides is 1. The highest BCUT2D eigenvalue weighted by Crippen LogP contribution is 2.20. The van der Waals surface area contributed by atoms with E-state index in [1.165, 1.54) is 0 Å². The van der Waals surface area contributed by atoms with Crippen molar-refractivity contribution >= 4 is 5.91 Å². The van der Waals surface area contributed by atoms with E-state index < -0.39 is 5.41 Å². The first kappa shape index (κ1) is 10.4. The van der Waals surface area contributed by atoms with E-state index in [-0.39, 0.29) is 5.91 Å². The summed E-state index contributed by atoms with van der Waals surface area (Å²) in [6.07, 6.45) is 0.725. The molecule has 0 saturated carbocycles. The van der Waals surface area contributed by atoms with Crippen molar-refractivity contribution in [1.29, 1.82) is 0 Å². The highest BCUT2D eigenvalue weighted by molar-refractivity contribution is 5.80. The second-order valence-electron chi connectivity index (χ2n) is 2.92. The van der Waals surface area contributed by atoms with E-state index >= 15 is 0 Å². The molecular formula is C8H17NO2. The molecule has 0 aliphatic heterocycles. The Morgan fingerprint density at radius 1 is 1.55 bits per heavy atom. The standard InChI is InChI=1S/C8H17NO2/c1-4-8(3,7(9)10)6-11-5-2/h4-6H2,1-3H3,(H2,9,10). The van der Waals surface area contributed by atoms with Gasteiger partial charge in [0.2, 0.25) is 5.91 Å². The highest BCUT2D eigenvalue weighted by atomic mass is 16.5. The summed E-state index contributed by atoms with van der Waals surface area (Å²) in [5.41, 5.74) is 4.71. The molecule has 0 saturated heterocycles. The van der Waals surface area contributed by atoms with Crippen LogP contribution in [0.15, 0.2) is 0 Å². The number of carbonyl (C=O) groups excluding carboxylic acids is 1. The summed E-state index contributed by atoms with van der Waals surface area (Å²) in [4.78, 5) is 10.9. The van der Waals surface area contributed by atoms with Crippen molar-refractivity contribution in [2.75, 3.05) is 13.2 Å². The van der Waals surface area contributed by atoms with Crippen molar-refractivity contribution < 1.29 is 9.53 Å². The van der Waals surface area contributed by atoms with Gasteiger partial charge in [0.1, 0.15) is 0 Å². The van der Waals surface area contributed by atoms with Gasteiger partial charge in [0.05, 0.1) is 12.0 Å². The SMILES string of the molecule is CCOCC(C)(CC)C(N)=O. The van der Waals surface area contributed by atoms with Crippen LogP contribution in [0.4, 0.5) is 0 Å². The zero-order valence-corrected chi connectivity index (χ0v) is 7.52. The van der Waals surface area contributed by atoms with Crippen LogP contribution in [0.2, 0.25) is 0 Å². The minimum Gasteiger partial charge on any atom is -0.381 e. The molecule has 0 spiro atoms. The van der Waals surface area contributed by atoms with Crippen molar-refractivity contribution in [3.8, 4) is 0 Å². The molecule has 66 valence electrons. The number of primary amides is 1. The monoisotopic (exact) mass is 159 g/mol. The van der Waals surface area contributed by atoms with Crippen molar-refractivity contribution in [3.05, 3.63) is 0 Å². The molecule has 3 heteroatoms. The largest absolute Gasteiger partial charge is 0.381 e. The van der Waals surface area contributed by atoms with Crippen molar-refractivity contribution in [3.63, 3.8) is 0 Å². The second kappa shape index (κ2) is 4.34. The highest BCUT2D eigenvalue weighted by Gasteiger charge is 2.28. The van der Waals surface area contributed by atoms with Gasteiger partial charge in [-0.15, -0.1) is 0 Å². The van der Waals surface area contributed by atoms with Crippen LogP contribution in [0.3, 0.4) is 0 Å². The smallest absolute Gasteiger partial charge is 0.225 e. The van der Waals surface area contributed by atoms with E-state index in [1.807, 2.05) is 20.8 Å². The molecule has 1 atom stereocenters. The summed E-state index contributed by atoms with van der Waals surface area (Å²) in [5.74, 6) is -0.284. The van der Waals surface area contributed by atoms with Gasteiger partial charge in [0.15, 0.2) is 0 Å². The first-order valence-corrected chi connectivity index (χ1v) is 3.94. The van der Waals surface area contributed by atoms with Crippen LogP contribution < -0.4 is 5.73 Å². The van der Waals surface area contributed by atoms with Crippen LogP contribution in [0.1, 0.15) is 27.2 Å². The van der Waals surface area contributed by atoms with E-state index in [9.17, 15) is 4.79 Å². The number of rotatable bonds is 5. The summed E-state index contributed by atoms with van der Waals surface area (Å²) in [5, 5.41) is 0. The third kappa shape index (κ3) is 2.89. The molecule has 0 rings (SSSR count). The van der Waals surface area contributed by atoms with E-state index in [0.717, 1.165) is 6.42 Å². The van der Waals surface area contributed by atoms with Crippen LogP contribution in [0, 0.1) is 5.41 Å². The van der Waals surface area contributed by atoms with Gasteiger partial charge in [-0.1, -0.05) is 6.92 Å². The van der Waals surface area contributed by atoms with Crippen LogP contribution in [-0.4, -0.2) is 19.1 Å². The number of hydrogen-bond acceptors (Lipinski definition) is 2. The molecule has 0 aliphatic rings. The van der Waals surface area contributed by atoms with Crippen molar-refractivity contribution in [2.24, 2.45) is 11.1 Å². The molecule has 1 amide bonds. The van der Waals surface area contributed by atoms with Gasteiger partial charge in [-0.05, 0) is 20.3 Å². The topological polar surface area (TPSA) is 52.3 Å². The third-order valence-electron chi connectivity index (χ3n) is 2.00. The average Bonchev–Trinajstić information content (AvgIpc) is 2.00. The maximum atomic E-state index is 10.9. The summed E-state index contributed by atoms with van der Waals surface area (Å²) in [6, 6.07) is 0. The number of nitrogens with two attached hydrogens (primary N) is 1. The second-order valence-corrected chi connectivity index (χ2v) is 2.92. The van der Waals surface area contributed by atoms with E-state index in [2.05, 4.69) is 0 Å². The van der Waals surface area contributed by atoms with Gasteiger partial charge >= 0.3 is 0 Å². The summed E-state index contributed by atoms with van der Waals surface area (Å²) >= 11 is 0. The lowest BCUT2D eigenvalue weighted by molar-refractivity contribution is -0.130. The molecule has 3 nitrogen and oxygen atoms in total. The molecule has 0 aromatic carbocycles. The van der Waals surface area contributed by atoms with Crippen LogP contribution in [-0.2, 0) is 9.53 Å². The van der Waals surface area contributed by atoms with Gasteiger partial charge in [0, 0.05) is 6.61 Å². The summed E-state index contributed by atoms with van der Waals surface area (Å²) in [7, 11) is 0. The zero-order chi connectivity index (χ0) is 8.91. The number of ether oxygens (including phenoxy) is 1. The Kier molecular flexibility index (Phi) is 4.11. The minimum atomic E-state index is -0.490. The number of carbonyl (C=O) groups is 1. The molecule has 0 heterocycles. The van der Waals surface area contributed by atoms with Crippen LogP contribution >= 0.6 is 0 Å². The average molecular weight is 159 g/mol. The lowest BCUT2D eigenvalue weighted by Crippen LogP contribution is -2.37. The van der Waals surface area contributed by atoms with Crippen LogP contribution in [0.25, 0.3) is 0 Å². The fourth-order valence-electron chi connectivity index (χ4n) is 0.675. The molecule has 0 bridgehead atoms. The molecule has 1 unspecified atom stereocenters. The Morgan fingerprint density at radius 3 is 2.36 bits per heavy atom. The molecule has 0 radical (unpaired) electrons. The summed E-state index contributed by atoms with van der Waals surface area (Å²) < 4.78 is 5.15. The zero-order valence-electron chi connectivity index (χ0n) is 7.52. The lowest BCUT2D eigenvalue weighted by atomic mass is 9.88. The predicted molar refractivity (Wildman–Crippen MR) is 44.1 cm³/mol. The molecule has 0 aromatic rings. The molecule has 0 fully saturated rings. The van der Waals surface area contributed by atoms with E-state index in [4.69, 9.17) is 10.5 Å². The van der Waals surface area contributed by atoms with E-state index in [1.54, 1.807) is 0 Å². The van der Waals surface area contributed by atoms with Crippen molar-refractivity contribution in [2.45, 2.75) is 27.2 Å². The minimum absolute atomic E-state index is 0.284. The Balaban J connectivity index is 3.99. The van der Waals surface area contributed by atoms with E-state index in [0.29, 0.717) is 13.2 Å². The molecule has 2 N–H and O–H groups in total. The fourth-order valence-corrected chi connectivity index (χ4v) is 0.675. The quantitative estimate of drug-likeness (QED) is 0.648. The van der Waals surface area contributed by atoms with Crippen molar-refractivity contribution in [1.82, 2.24) is 0 Å². The van der Waals surface area contributed by atoms with Gasteiger partial charge < -0.3 is 10.5 Å². The Morgan fingerprint density at radius 2 is 2.09 bits per heavy atom. The molecule has 0 aromatic heterocycles. The number of hydrogen-bond donors (Lipinski definition) is 1. The molecule has 0 aliphatic carbocycles. The maximum absolute atomic E-state index is 10.9.